The van der Waals surface area contributed by atoms with Gasteiger partial charge in [-0.3, -0.25) is 9.59 Å². The molecule has 0 heterocycles. The molecule has 0 aliphatic rings. The topological polar surface area (TPSA) is 72.6 Å². The first kappa shape index (κ1) is 34.5. The van der Waals surface area contributed by atoms with Crippen LogP contribution >= 0.6 is 28.6 Å². The average molecular weight is 670 g/mol. The monoisotopic (exact) mass is 668 g/mol. The van der Waals surface area contributed by atoms with Gasteiger partial charge in [0.1, 0.15) is 6.61 Å². The maximum Gasteiger partial charge on any atom is 0.293 e. The normalized spacial score (nSPS) is 10.0. The zero-order valence-electron chi connectivity index (χ0n) is 22.2. The van der Waals surface area contributed by atoms with Gasteiger partial charge in [0.25, 0.3) is 6.47 Å². The van der Waals surface area contributed by atoms with Crippen molar-refractivity contribution in [3.05, 3.63) is 129 Å². The number of nitrogens with zero attached hydrogens (tertiary/aromatic N) is 1. The number of amides is 1. The van der Waals surface area contributed by atoms with Crippen molar-refractivity contribution in [2.75, 3.05) is 11.4 Å². The maximum absolute atomic E-state index is 12.3. The molecule has 222 valence electrons. The van der Waals surface area contributed by atoms with Crippen LogP contribution in [-0.2, 0) is 27.5 Å². The Hall–Kier alpha value is -3.74. The van der Waals surface area contributed by atoms with Gasteiger partial charge in [-0.25, -0.2) is 22.0 Å². The van der Waals surface area contributed by atoms with Gasteiger partial charge >= 0.3 is 0 Å². The van der Waals surface area contributed by atoms with Crippen molar-refractivity contribution in [3.63, 3.8) is 0 Å². The van der Waals surface area contributed by atoms with E-state index < -0.39 is 34.0 Å². The van der Waals surface area contributed by atoms with Gasteiger partial charge < -0.3 is 15.4 Å². The molecule has 4 aromatic carbocycles. The Bertz CT molecular complexity index is 1360. The van der Waals surface area contributed by atoms with Crippen molar-refractivity contribution in [2.45, 2.75) is 25.0 Å². The zero-order chi connectivity index (χ0) is 31.2. The van der Waals surface area contributed by atoms with Gasteiger partial charge in [0.05, 0.1) is 18.0 Å². The van der Waals surface area contributed by atoms with Crippen LogP contribution in [0.25, 0.3) is 0 Å². The molecule has 0 unspecified atom stereocenters. The first-order valence-electron chi connectivity index (χ1n) is 12.1. The number of carbonyl (C=O) groups is 2. The predicted octanol–water partition coefficient (Wildman–Crippen LogP) is 7.28. The van der Waals surface area contributed by atoms with Crippen LogP contribution < -0.4 is 10.6 Å². The van der Waals surface area contributed by atoms with Crippen LogP contribution in [0.15, 0.2) is 88.2 Å². The maximum atomic E-state index is 12.3. The molecule has 5 nitrogen and oxygen atoms in total. The van der Waals surface area contributed by atoms with Crippen molar-refractivity contribution in [3.8, 4) is 0 Å². The predicted molar refractivity (Wildman–Crippen MR) is 156 cm³/mol. The molecule has 0 aromatic heterocycles. The van der Waals surface area contributed by atoms with Gasteiger partial charge in [-0.2, -0.15) is 0 Å². The molecule has 12 heteroatoms. The molecule has 42 heavy (non-hydrogen) atoms. The van der Waals surface area contributed by atoms with Gasteiger partial charge in [-0.1, -0.05) is 76.1 Å². The smallest absolute Gasteiger partial charge is 0.293 e. The van der Waals surface area contributed by atoms with E-state index in [0.29, 0.717) is 19.6 Å². The molecule has 4 aromatic rings. The third kappa shape index (κ3) is 10.3. The Balaban J connectivity index is 0.000000239. The molecular weight excluding hydrogens is 643 g/mol. The van der Waals surface area contributed by atoms with E-state index in [4.69, 9.17) is 5.73 Å². The highest BCUT2D eigenvalue weighted by molar-refractivity contribution is 9.10. The fourth-order valence-corrected chi connectivity index (χ4v) is 3.69. The summed E-state index contributed by atoms with van der Waals surface area (Å²) in [7, 11) is 0. The number of thiol groups is 1. The number of halogens is 6. The van der Waals surface area contributed by atoms with Crippen molar-refractivity contribution in [1.82, 2.24) is 0 Å². The Labute approximate surface area is 253 Å². The molecule has 0 atom stereocenters. The summed E-state index contributed by atoms with van der Waals surface area (Å²) in [4.78, 5) is 22.4. The van der Waals surface area contributed by atoms with Crippen LogP contribution in [0.1, 0.15) is 16.7 Å². The molecule has 0 bridgehead atoms. The number of hydrogen-bond donors (Lipinski definition) is 2. The minimum Gasteiger partial charge on any atom is -0.463 e. The molecule has 0 saturated heterocycles. The number of rotatable bonds is 7. The van der Waals surface area contributed by atoms with Gasteiger partial charge in [-0.15, -0.1) is 12.6 Å². The van der Waals surface area contributed by atoms with Crippen LogP contribution in [0.3, 0.4) is 0 Å². The van der Waals surface area contributed by atoms with E-state index in [1.807, 2.05) is 85.8 Å². The summed E-state index contributed by atoms with van der Waals surface area (Å²) < 4.78 is 66.9. The Morgan fingerprint density at radius 1 is 0.833 bits per heavy atom. The lowest BCUT2D eigenvalue weighted by atomic mass is 10.1. The molecule has 0 spiro atoms. The summed E-state index contributed by atoms with van der Waals surface area (Å²) in [6.07, 6.45) is 0. The molecule has 0 aliphatic heterocycles. The quantitative estimate of drug-likeness (QED) is 0.0714. The molecule has 0 saturated carbocycles. The minimum atomic E-state index is -2.18. The van der Waals surface area contributed by atoms with Crippen LogP contribution in [0.5, 0.6) is 0 Å². The molecule has 0 radical (unpaired) electrons. The third-order valence-corrected chi connectivity index (χ3v) is 6.34. The zero-order valence-corrected chi connectivity index (χ0v) is 24.6. The lowest BCUT2D eigenvalue weighted by molar-refractivity contribution is -0.129. The van der Waals surface area contributed by atoms with Gasteiger partial charge in [-0.05, 0) is 42.3 Å². The van der Waals surface area contributed by atoms with E-state index in [1.165, 1.54) is 0 Å². The molecule has 1 amide bonds. The van der Waals surface area contributed by atoms with E-state index >= 15 is 0 Å². The van der Waals surface area contributed by atoms with E-state index in [9.17, 15) is 31.5 Å². The lowest BCUT2D eigenvalue weighted by Gasteiger charge is -2.22. The van der Waals surface area contributed by atoms with Crippen molar-refractivity contribution >= 4 is 46.6 Å². The number of nitrogens with two attached hydrogens (primary N) is 1. The van der Waals surface area contributed by atoms with Gasteiger partial charge in [0, 0.05) is 10.2 Å². The van der Waals surface area contributed by atoms with E-state index in [-0.39, 0.29) is 12.5 Å². The summed E-state index contributed by atoms with van der Waals surface area (Å²) in [5.41, 5.74) is 9.63. The number of carbonyl (C=O) groups excluding carboxylic acids is 2. The minimum absolute atomic E-state index is 0.00437. The second-order valence-electron chi connectivity index (χ2n) is 8.46. The molecular formula is C30H26BrF5N2O3S. The number of anilines is 1. The largest absolute Gasteiger partial charge is 0.463 e. The highest BCUT2D eigenvalue weighted by Gasteiger charge is 2.23. The van der Waals surface area contributed by atoms with Crippen LogP contribution in [0.4, 0.5) is 27.6 Å². The molecule has 2 N–H and O–H groups in total. The Kier molecular flexibility index (Phi) is 14.2. The van der Waals surface area contributed by atoms with E-state index in [0.717, 1.165) is 26.9 Å². The second kappa shape index (κ2) is 17.3. The number of benzene rings is 4. The summed E-state index contributed by atoms with van der Waals surface area (Å²) in [6.45, 7) is 3.36. The third-order valence-electron chi connectivity index (χ3n) is 5.42. The second-order valence-corrected chi connectivity index (χ2v) is 9.82. The van der Waals surface area contributed by atoms with Crippen molar-refractivity contribution < 1.29 is 36.3 Å². The van der Waals surface area contributed by atoms with Crippen molar-refractivity contribution in [2.24, 2.45) is 5.73 Å². The first-order valence-corrected chi connectivity index (χ1v) is 13.3. The average Bonchev–Trinajstić information content (AvgIpc) is 3.02. The van der Waals surface area contributed by atoms with E-state index in [1.54, 1.807) is 4.90 Å². The Morgan fingerprint density at radius 3 is 1.86 bits per heavy atom. The highest BCUT2D eigenvalue weighted by Crippen LogP contribution is 2.25. The number of aryl methyl sites for hydroxylation is 1. The molecule has 0 aliphatic carbocycles. The van der Waals surface area contributed by atoms with Gasteiger partial charge in [0.15, 0.2) is 23.3 Å². The lowest BCUT2D eigenvalue weighted by Crippen LogP contribution is -2.35. The summed E-state index contributed by atoms with van der Waals surface area (Å²) >= 11 is 6.51. The summed E-state index contributed by atoms with van der Waals surface area (Å²) in [5, 5.41) is 0. The highest BCUT2D eigenvalue weighted by atomic mass is 79.9. The number of ether oxygens (including phenoxy) is 1. The van der Waals surface area contributed by atoms with Crippen molar-refractivity contribution in [1.29, 1.82) is 0 Å². The SMILES string of the molecule is Cc1ccc(N(Cc2ccc(Br)cc2)C(=O)CN)cc1.Fc1c(F)c(F)c(S)c(F)c1F.O=COCc1ccccc1. The van der Waals surface area contributed by atoms with Crippen LogP contribution in [0, 0.1) is 36.0 Å². The summed E-state index contributed by atoms with van der Waals surface area (Å²) in [5.74, 6) is -10.1. The van der Waals surface area contributed by atoms with E-state index in [2.05, 4.69) is 33.3 Å². The first-order chi connectivity index (χ1) is 20.0. The fraction of sp³-hybridized carbons (Fsp3) is 0.133. The molecule has 4 rings (SSSR count). The summed E-state index contributed by atoms with van der Waals surface area (Å²) in [6, 6.07) is 25.4. The van der Waals surface area contributed by atoms with Crippen LogP contribution in [0.2, 0.25) is 0 Å². The number of hydrogen-bond acceptors (Lipinski definition) is 5. The standard InChI is InChI=1S/C16H17BrN2O.C8H8O2.C6HF5S/c1-12-2-8-15(9-3-12)19(16(20)10-18)11-13-4-6-14(17)7-5-13;9-7-10-6-8-4-2-1-3-5-8;7-1-2(8)4(10)6(12)5(11)3(1)9/h2-9H,10-11,18H2,1H3;1-5,7H,6H2;12H. The van der Waals surface area contributed by atoms with Gasteiger partial charge in [0.2, 0.25) is 11.7 Å². The van der Waals surface area contributed by atoms with Crippen LogP contribution in [-0.4, -0.2) is 18.9 Å². The Morgan fingerprint density at radius 2 is 1.36 bits per heavy atom. The fourth-order valence-electron chi connectivity index (χ4n) is 3.23. The molecule has 0 fully saturated rings.